The van der Waals surface area contributed by atoms with Gasteiger partial charge in [0, 0.05) is 43.9 Å². The summed E-state index contributed by atoms with van der Waals surface area (Å²) in [4.78, 5) is 15.1. The molecule has 0 aliphatic rings. The van der Waals surface area contributed by atoms with E-state index >= 15 is 0 Å². The van der Waals surface area contributed by atoms with E-state index in [0.29, 0.717) is 17.5 Å². The number of fused-ring (bicyclic) bond motifs is 6. The predicted octanol–water partition coefficient (Wildman–Crippen LogP) is 11.8. The van der Waals surface area contributed by atoms with E-state index in [2.05, 4.69) is 133 Å². The van der Waals surface area contributed by atoms with Crippen LogP contribution < -0.4 is 0 Å². The van der Waals surface area contributed by atoms with E-state index in [-0.39, 0.29) is 0 Å². The van der Waals surface area contributed by atoms with E-state index in [4.69, 9.17) is 19.4 Å². The second-order valence-corrected chi connectivity index (χ2v) is 13.0. The van der Waals surface area contributed by atoms with E-state index in [1.54, 1.807) is 0 Å². The lowest BCUT2D eigenvalue weighted by atomic mass is 9.99. The number of hydrogen-bond donors (Lipinski definition) is 0. The third-order valence-corrected chi connectivity index (χ3v) is 9.73. The largest absolute Gasteiger partial charge is 0.456 e. The molecule has 0 aliphatic carbocycles. The van der Waals surface area contributed by atoms with Gasteiger partial charge in [0.25, 0.3) is 0 Å². The fourth-order valence-corrected chi connectivity index (χ4v) is 7.24. The molecule has 51 heavy (non-hydrogen) atoms. The Hall–Kier alpha value is -6.85. The minimum absolute atomic E-state index is 0.605. The number of benzene rings is 7. The van der Waals surface area contributed by atoms with Gasteiger partial charge in [-0.25, -0.2) is 15.0 Å². The van der Waals surface area contributed by atoms with Crippen molar-refractivity contribution < 1.29 is 4.42 Å². The molecule has 0 saturated heterocycles. The summed E-state index contributed by atoms with van der Waals surface area (Å²) in [5.74, 6) is 1.87. The van der Waals surface area contributed by atoms with E-state index in [1.807, 2.05) is 42.5 Å². The number of aryl methyl sites for hydroxylation is 1. The van der Waals surface area contributed by atoms with Crippen LogP contribution in [0.15, 0.2) is 168 Å². The highest BCUT2D eigenvalue weighted by molar-refractivity contribution is 6.14. The molecule has 0 bridgehead atoms. The van der Waals surface area contributed by atoms with Crippen LogP contribution in [-0.4, -0.2) is 19.5 Å². The maximum Gasteiger partial charge on any atom is 0.164 e. The second-order valence-electron chi connectivity index (χ2n) is 13.0. The molecule has 0 aliphatic heterocycles. The minimum Gasteiger partial charge on any atom is -0.456 e. The molecule has 3 heterocycles. The first-order valence-electron chi connectivity index (χ1n) is 17.1. The lowest BCUT2D eigenvalue weighted by molar-refractivity contribution is 0.669. The Morgan fingerprint density at radius 3 is 1.82 bits per heavy atom. The Kier molecular flexibility index (Phi) is 6.64. The zero-order chi connectivity index (χ0) is 33.9. The van der Waals surface area contributed by atoms with Crippen molar-refractivity contribution in [3.05, 3.63) is 169 Å². The fourth-order valence-electron chi connectivity index (χ4n) is 7.24. The number of rotatable bonds is 5. The maximum absolute atomic E-state index is 6.45. The molecule has 0 unspecified atom stereocenters. The highest BCUT2D eigenvalue weighted by atomic mass is 16.3. The molecule has 0 fully saturated rings. The third-order valence-electron chi connectivity index (χ3n) is 9.73. The SMILES string of the molecule is Cc1ccc(-c2nc(-c3ccccc3)nc(-c3cccc4oc5ccc(-c6ccc7c(c6)c6ccccc6n7-c6ccccc6)cc5c34)n2)cc1. The van der Waals surface area contributed by atoms with Gasteiger partial charge in [-0.1, -0.05) is 121 Å². The summed E-state index contributed by atoms with van der Waals surface area (Å²) in [7, 11) is 0. The molecule has 10 rings (SSSR count). The lowest BCUT2D eigenvalue weighted by Crippen LogP contribution is -2.00. The van der Waals surface area contributed by atoms with Gasteiger partial charge in [0.05, 0.1) is 11.0 Å². The first kappa shape index (κ1) is 29.1. The van der Waals surface area contributed by atoms with E-state index < -0.39 is 0 Å². The first-order chi connectivity index (χ1) is 25.2. The normalized spacial score (nSPS) is 11.6. The highest BCUT2D eigenvalue weighted by Crippen LogP contribution is 2.40. The van der Waals surface area contributed by atoms with Crippen LogP contribution in [-0.2, 0) is 0 Å². The predicted molar refractivity (Wildman–Crippen MR) is 208 cm³/mol. The van der Waals surface area contributed by atoms with Gasteiger partial charge < -0.3 is 8.98 Å². The number of para-hydroxylation sites is 2. The molecule has 240 valence electrons. The molecular weight excluding hydrogens is 625 g/mol. The smallest absolute Gasteiger partial charge is 0.164 e. The van der Waals surface area contributed by atoms with Gasteiger partial charge in [0.2, 0.25) is 0 Å². The van der Waals surface area contributed by atoms with Crippen LogP contribution in [0, 0.1) is 6.92 Å². The topological polar surface area (TPSA) is 56.7 Å². The average Bonchev–Trinajstić information content (AvgIpc) is 3.74. The standard InChI is InChI=1S/C46H30N4O/c1-29-19-21-31(22-20-29)45-47-44(30-11-4-2-5-12-30)48-46(49-45)36-16-10-18-42-43(36)38-28-33(24-26-41(38)51-42)32-23-25-40-37(27-32)35-15-8-9-17-39(35)50(40)34-13-6-3-7-14-34/h2-28H,1H3. The summed E-state index contributed by atoms with van der Waals surface area (Å²) in [5, 5.41) is 4.44. The summed E-state index contributed by atoms with van der Waals surface area (Å²) < 4.78 is 8.80. The Labute approximate surface area is 294 Å². The molecule has 0 amide bonds. The van der Waals surface area contributed by atoms with Crippen molar-refractivity contribution in [2.45, 2.75) is 6.92 Å². The van der Waals surface area contributed by atoms with Crippen LogP contribution in [0.3, 0.4) is 0 Å². The molecule has 3 aromatic heterocycles. The van der Waals surface area contributed by atoms with Crippen LogP contribution in [0.25, 0.3) is 94.7 Å². The summed E-state index contributed by atoms with van der Waals surface area (Å²) in [6.07, 6.45) is 0. The van der Waals surface area contributed by atoms with E-state index in [0.717, 1.165) is 55.4 Å². The van der Waals surface area contributed by atoms with Crippen molar-refractivity contribution in [1.82, 2.24) is 19.5 Å². The number of aromatic nitrogens is 4. The van der Waals surface area contributed by atoms with Crippen molar-refractivity contribution in [2.75, 3.05) is 0 Å². The number of furan rings is 1. The summed E-state index contributed by atoms with van der Waals surface area (Å²) in [5.41, 5.74) is 11.3. The summed E-state index contributed by atoms with van der Waals surface area (Å²) in [6.45, 7) is 2.08. The Morgan fingerprint density at radius 1 is 0.431 bits per heavy atom. The van der Waals surface area contributed by atoms with Crippen LogP contribution in [0.2, 0.25) is 0 Å². The molecule has 0 N–H and O–H groups in total. The zero-order valence-electron chi connectivity index (χ0n) is 27.8. The van der Waals surface area contributed by atoms with Crippen LogP contribution >= 0.6 is 0 Å². The first-order valence-corrected chi connectivity index (χ1v) is 17.1. The van der Waals surface area contributed by atoms with Crippen LogP contribution in [0.5, 0.6) is 0 Å². The van der Waals surface area contributed by atoms with Crippen molar-refractivity contribution in [3.63, 3.8) is 0 Å². The average molecular weight is 655 g/mol. The molecule has 0 saturated carbocycles. The van der Waals surface area contributed by atoms with Gasteiger partial charge in [-0.2, -0.15) is 0 Å². The molecule has 0 atom stereocenters. The van der Waals surface area contributed by atoms with Gasteiger partial charge in [-0.3, -0.25) is 0 Å². The molecule has 0 radical (unpaired) electrons. The van der Waals surface area contributed by atoms with Crippen molar-refractivity contribution >= 4 is 43.7 Å². The second kappa shape index (κ2) is 11.6. The summed E-state index contributed by atoms with van der Waals surface area (Å²) in [6, 6.07) is 56.9. The number of nitrogens with zero attached hydrogens (tertiary/aromatic N) is 4. The third kappa shape index (κ3) is 4.90. The summed E-state index contributed by atoms with van der Waals surface area (Å²) >= 11 is 0. The van der Waals surface area contributed by atoms with Crippen LogP contribution in [0.1, 0.15) is 5.56 Å². The molecule has 7 aromatic carbocycles. The van der Waals surface area contributed by atoms with Gasteiger partial charge in [0.1, 0.15) is 11.2 Å². The Bertz CT molecular complexity index is 2910. The zero-order valence-corrected chi connectivity index (χ0v) is 27.8. The Morgan fingerprint density at radius 2 is 1.04 bits per heavy atom. The van der Waals surface area contributed by atoms with Crippen molar-refractivity contribution in [2.24, 2.45) is 0 Å². The quantitative estimate of drug-likeness (QED) is 0.185. The Balaban J connectivity index is 1.16. The molecular formula is C46H30N4O. The van der Waals surface area contributed by atoms with Gasteiger partial charge in [-0.15, -0.1) is 0 Å². The van der Waals surface area contributed by atoms with Crippen LogP contribution in [0.4, 0.5) is 0 Å². The molecule has 5 heteroatoms. The van der Waals surface area contributed by atoms with Crippen molar-refractivity contribution in [1.29, 1.82) is 0 Å². The maximum atomic E-state index is 6.45. The monoisotopic (exact) mass is 654 g/mol. The lowest BCUT2D eigenvalue weighted by Gasteiger charge is -2.10. The molecule has 5 nitrogen and oxygen atoms in total. The number of hydrogen-bond acceptors (Lipinski definition) is 4. The van der Waals surface area contributed by atoms with E-state index in [9.17, 15) is 0 Å². The van der Waals surface area contributed by atoms with E-state index in [1.165, 1.54) is 27.4 Å². The minimum atomic E-state index is 0.605. The van der Waals surface area contributed by atoms with Gasteiger partial charge in [0.15, 0.2) is 17.5 Å². The fraction of sp³-hybridized carbons (Fsp3) is 0.0217. The molecule has 10 aromatic rings. The van der Waals surface area contributed by atoms with Gasteiger partial charge >= 0.3 is 0 Å². The van der Waals surface area contributed by atoms with Crippen molar-refractivity contribution in [3.8, 4) is 51.0 Å². The molecule has 0 spiro atoms. The highest BCUT2D eigenvalue weighted by Gasteiger charge is 2.19. The van der Waals surface area contributed by atoms with Gasteiger partial charge in [-0.05, 0) is 66.6 Å².